The summed E-state index contributed by atoms with van der Waals surface area (Å²) in [6.07, 6.45) is 4.42. The van der Waals surface area contributed by atoms with Gasteiger partial charge in [0.1, 0.15) is 0 Å². The molecule has 4 heteroatoms. The van der Waals surface area contributed by atoms with Crippen molar-refractivity contribution in [2.24, 2.45) is 5.73 Å². The molecular weight excluding hydrogens is 208 g/mol. The van der Waals surface area contributed by atoms with Gasteiger partial charge < -0.3 is 11.1 Å². The molecule has 0 bridgehead atoms. The summed E-state index contributed by atoms with van der Waals surface area (Å²) in [4.78, 5) is 11.1. The van der Waals surface area contributed by atoms with Crippen molar-refractivity contribution >= 4 is 17.7 Å². The fourth-order valence-corrected chi connectivity index (χ4v) is 3.31. The summed E-state index contributed by atoms with van der Waals surface area (Å²) in [6.45, 7) is 4.19. The van der Waals surface area contributed by atoms with Gasteiger partial charge in [0.15, 0.2) is 0 Å². The maximum atomic E-state index is 11.1. The van der Waals surface area contributed by atoms with Crippen LogP contribution in [0, 0.1) is 0 Å². The third-order valence-corrected chi connectivity index (χ3v) is 4.21. The molecular formula is C11H22N2OS. The van der Waals surface area contributed by atoms with Crippen LogP contribution in [0.15, 0.2) is 0 Å². The molecule has 0 radical (unpaired) electrons. The fourth-order valence-electron chi connectivity index (χ4n) is 2.16. The first-order valence-corrected chi connectivity index (χ1v) is 6.89. The molecule has 3 atom stereocenters. The maximum Gasteiger partial charge on any atom is 0.234 e. The average Bonchev–Trinajstić information content (AvgIpc) is 2.62. The maximum absolute atomic E-state index is 11.1. The number of nitrogens with one attached hydrogen (secondary N) is 1. The predicted molar refractivity (Wildman–Crippen MR) is 66.0 cm³/mol. The highest BCUT2D eigenvalue weighted by atomic mass is 32.2. The topological polar surface area (TPSA) is 55.1 Å². The Morgan fingerprint density at radius 1 is 1.53 bits per heavy atom. The molecule has 1 rings (SSSR count). The van der Waals surface area contributed by atoms with E-state index in [4.69, 9.17) is 5.73 Å². The number of carbonyl (C=O) groups excluding carboxylic acids is 1. The first-order chi connectivity index (χ1) is 7.17. The van der Waals surface area contributed by atoms with E-state index in [-0.39, 0.29) is 11.9 Å². The normalized spacial score (nSPS) is 27.9. The van der Waals surface area contributed by atoms with Crippen molar-refractivity contribution in [2.45, 2.75) is 56.9 Å². The number of primary amides is 1. The van der Waals surface area contributed by atoms with Crippen LogP contribution in [0.2, 0.25) is 0 Å². The van der Waals surface area contributed by atoms with Crippen molar-refractivity contribution in [3.8, 4) is 0 Å². The molecule has 1 amide bonds. The Balaban J connectivity index is 2.31. The Hall–Kier alpha value is -0.220. The standard InChI is InChI=1S/C11H22N2OS/c1-3-10(11(12)14)13-8-5-6-9(7-8)15-4-2/h8-10,13H,3-7H2,1-2H3,(H2,12,14). The lowest BCUT2D eigenvalue weighted by atomic mass is 10.1. The van der Waals surface area contributed by atoms with Gasteiger partial charge in [0.2, 0.25) is 5.91 Å². The first kappa shape index (κ1) is 12.8. The second kappa shape index (κ2) is 6.38. The minimum absolute atomic E-state index is 0.139. The van der Waals surface area contributed by atoms with Gasteiger partial charge in [-0.25, -0.2) is 0 Å². The van der Waals surface area contributed by atoms with Gasteiger partial charge in [0.05, 0.1) is 6.04 Å². The van der Waals surface area contributed by atoms with E-state index in [1.807, 2.05) is 18.7 Å². The minimum Gasteiger partial charge on any atom is -0.368 e. The summed E-state index contributed by atoms with van der Waals surface area (Å²) < 4.78 is 0. The molecule has 0 heterocycles. The van der Waals surface area contributed by atoms with Crippen molar-refractivity contribution in [3.05, 3.63) is 0 Å². The number of carbonyl (C=O) groups is 1. The number of nitrogens with two attached hydrogens (primary N) is 1. The SMILES string of the molecule is CCSC1CCC(NC(CC)C(N)=O)C1. The van der Waals surface area contributed by atoms with Crippen molar-refractivity contribution in [3.63, 3.8) is 0 Å². The van der Waals surface area contributed by atoms with Crippen LogP contribution >= 0.6 is 11.8 Å². The highest BCUT2D eigenvalue weighted by Crippen LogP contribution is 2.29. The lowest BCUT2D eigenvalue weighted by Gasteiger charge is -2.19. The lowest BCUT2D eigenvalue weighted by molar-refractivity contribution is -0.120. The van der Waals surface area contributed by atoms with Gasteiger partial charge in [-0.15, -0.1) is 0 Å². The molecule has 88 valence electrons. The van der Waals surface area contributed by atoms with E-state index in [1.165, 1.54) is 25.0 Å². The quantitative estimate of drug-likeness (QED) is 0.727. The van der Waals surface area contributed by atoms with Crippen LogP contribution in [0.5, 0.6) is 0 Å². The van der Waals surface area contributed by atoms with Crippen LogP contribution in [0.1, 0.15) is 39.5 Å². The van der Waals surface area contributed by atoms with Crippen LogP contribution in [-0.2, 0) is 4.79 Å². The van der Waals surface area contributed by atoms with Crippen molar-refractivity contribution < 1.29 is 4.79 Å². The zero-order valence-corrected chi connectivity index (χ0v) is 10.5. The fraction of sp³-hybridized carbons (Fsp3) is 0.909. The highest BCUT2D eigenvalue weighted by molar-refractivity contribution is 7.99. The third kappa shape index (κ3) is 4.03. The molecule has 1 aliphatic carbocycles. The first-order valence-electron chi connectivity index (χ1n) is 5.84. The van der Waals surface area contributed by atoms with Gasteiger partial charge in [-0.1, -0.05) is 13.8 Å². The van der Waals surface area contributed by atoms with Crippen LogP contribution in [0.4, 0.5) is 0 Å². The van der Waals surface area contributed by atoms with Crippen molar-refractivity contribution in [2.75, 3.05) is 5.75 Å². The number of hydrogen-bond acceptors (Lipinski definition) is 3. The Kier molecular flexibility index (Phi) is 5.47. The van der Waals surface area contributed by atoms with Crippen LogP contribution < -0.4 is 11.1 Å². The summed E-state index contributed by atoms with van der Waals surface area (Å²) >= 11 is 2.03. The summed E-state index contributed by atoms with van der Waals surface area (Å²) in [7, 11) is 0. The number of thioether (sulfide) groups is 1. The van der Waals surface area contributed by atoms with Crippen LogP contribution in [0.25, 0.3) is 0 Å². The van der Waals surface area contributed by atoms with Gasteiger partial charge in [-0.3, -0.25) is 4.79 Å². The van der Waals surface area contributed by atoms with Crippen molar-refractivity contribution in [1.29, 1.82) is 0 Å². The molecule has 3 unspecified atom stereocenters. The third-order valence-electron chi connectivity index (χ3n) is 2.98. The summed E-state index contributed by atoms with van der Waals surface area (Å²) in [5.74, 6) is 0.967. The van der Waals surface area contributed by atoms with E-state index < -0.39 is 0 Å². The molecule has 0 aromatic heterocycles. The molecule has 0 spiro atoms. The second-order valence-corrected chi connectivity index (χ2v) is 5.69. The van der Waals surface area contributed by atoms with E-state index >= 15 is 0 Å². The lowest BCUT2D eigenvalue weighted by Crippen LogP contribution is -2.45. The van der Waals surface area contributed by atoms with Crippen LogP contribution in [0.3, 0.4) is 0 Å². The molecule has 3 N–H and O–H groups in total. The molecule has 15 heavy (non-hydrogen) atoms. The zero-order chi connectivity index (χ0) is 11.3. The van der Waals surface area contributed by atoms with Crippen LogP contribution in [-0.4, -0.2) is 29.0 Å². The largest absolute Gasteiger partial charge is 0.368 e. The average molecular weight is 230 g/mol. The summed E-state index contributed by atoms with van der Waals surface area (Å²) in [6, 6.07) is 0.354. The molecule has 3 nitrogen and oxygen atoms in total. The van der Waals surface area contributed by atoms with Crippen molar-refractivity contribution in [1.82, 2.24) is 5.32 Å². The van der Waals surface area contributed by atoms with Gasteiger partial charge in [0, 0.05) is 11.3 Å². The second-order valence-electron chi connectivity index (χ2n) is 4.12. The molecule has 1 saturated carbocycles. The van der Waals surface area contributed by atoms with E-state index in [1.54, 1.807) is 0 Å². The molecule has 0 aliphatic heterocycles. The van der Waals surface area contributed by atoms with E-state index in [9.17, 15) is 4.79 Å². The van der Waals surface area contributed by atoms with Gasteiger partial charge >= 0.3 is 0 Å². The number of hydrogen-bond donors (Lipinski definition) is 2. The van der Waals surface area contributed by atoms with Gasteiger partial charge in [0.25, 0.3) is 0 Å². The van der Waals surface area contributed by atoms with E-state index in [0.717, 1.165) is 11.7 Å². The Bertz CT molecular complexity index is 211. The monoisotopic (exact) mass is 230 g/mol. The zero-order valence-electron chi connectivity index (χ0n) is 9.66. The molecule has 0 aromatic carbocycles. The number of rotatable bonds is 6. The van der Waals surface area contributed by atoms with Gasteiger partial charge in [-0.2, -0.15) is 11.8 Å². The Labute approximate surface area is 96.6 Å². The van der Waals surface area contributed by atoms with E-state index in [0.29, 0.717) is 6.04 Å². The summed E-state index contributed by atoms with van der Waals surface area (Å²) in [5, 5.41) is 4.14. The highest BCUT2D eigenvalue weighted by Gasteiger charge is 2.27. The molecule has 0 aromatic rings. The van der Waals surface area contributed by atoms with Gasteiger partial charge in [-0.05, 0) is 31.4 Å². The number of amides is 1. The molecule has 1 aliphatic rings. The van der Waals surface area contributed by atoms with E-state index in [2.05, 4.69) is 12.2 Å². The Morgan fingerprint density at radius 2 is 2.27 bits per heavy atom. The molecule has 1 fully saturated rings. The minimum atomic E-state index is -0.218. The molecule has 0 saturated heterocycles. The smallest absolute Gasteiger partial charge is 0.234 e. The Morgan fingerprint density at radius 3 is 2.80 bits per heavy atom. The predicted octanol–water partition coefficient (Wildman–Crippen LogP) is 1.51. The summed E-state index contributed by atoms with van der Waals surface area (Å²) in [5.41, 5.74) is 5.31.